The molecule has 0 bridgehead atoms. The van der Waals surface area contributed by atoms with Crippen molar-refractivity contribution >= 4 is 34.9 Å². The number of hydrogen-bond acceptors (Lipinski definition) is 5. The van der Waals surface area contributed by atoms with Gasteiger partial charge in [-0.1, -0.05) is 53.9 Å². The van der Waals surface area contributed by atoms with Crippen LogP contribution in [-0.2, 0) is 12.7 Å². The molecule has 0 aliphatic carbocycles. The summed E-state index contributed by atoms with van der Waals surface area (Å²) in [7, 11) is 1.61. The predicted octanol–water partition coefficient (Wildman–Crippen LogP) is 6.45. The summed E-state index contributed by atoms with van der Waals surface area (Å²) in [4.78, 5) is 27.4. The second kappa shape index (κ2) is 10.6. The number of nitrogens with one attached hydrogen (secondary N) is 1. The van der Waals surface area contributed by atoms with E-state index in [1.165, 1.54) is 27.8 Å². The molecule has 206 valence electrons. The quantitative estimate of drug-likeness (QED) is 0.256. The van der Waals surface area contributed by atoms with Crippen LogP contribution in [0.2, 0.25) is 5.02 Å². The fourth-order valence-electron chi connectivity index (χ4n) is 4.20. The molecular weight excluding hydrogens is 557 g/mol. The zero-order valence-corrected chi connectivity index (χ0v) is 22.1. The maximum Gasteiger partial charge on any atom is 0.442 e. The van der Waals surface area contributed by atoms with E-state index in [1.54, 1.807) is 61.6 Å². The van der Waals surface area contributed by atoms with Crippen molar-refractivity contribution in [2.45, 2.75) is 11.8 Å². The first-order valence-corrected chi connectivity index (χ1v) is 12.5. The van der Waals surface area contributed by atoms with Gasteiger partial charge in [0, 0.05) is 35.5 Å². The number of carbonyl (C=O) groups is 2. The number of alkyl halides is 3. The van der Waals surface area contributed by atoms with Crippen molar-refractivity contribution in [1.29, 1.82) is 0 Å². The highest BCUT2D eigenvalue weighted by Crippen LogP contribution is 2.52. The van der Waals surface area contributed by atoms with E-state index in [0.717, 1.165) is 6.07 Å². The number of rotatable bonds is 7. The highest BCUT2D eigenvalue weighted by molar-refractivity contribution is 6.34. The highest BCUT2D eigenvalue weighted by atomic mass is 35.5. The highest BCUT2D eigenvalue weighted by Gasteiger charge is 2.65. The fraction of sp³-hybridized carbons (Fsp3) is 0.138. The second-order valence-corrected chi connectivity index (χ2v) is 9.47. The van der Waals surface area contributed by atoms with Crippen molar-refractivity contribution in [1.82, 2.24) is 9.78 Å². The molecule has 1 aliphatic rings. The van der Waals surface area contributed by atoms with Crippen LogP contribution in [0.1, 0.15) is 26.3 Å². The van der Waals surface area contributed by atoms with Gasteiger partial charge in [-0.2, -0.15) is 18.3 Å². The molecule has 0 atom stereocenters. The summed E-state index contributed by atoms with van der Waals surface area (Å²) in [5.74, 6) is 1.83. The van der Waals surface area contributed by atoms with Gasteiger partial charge in [-0.3, -0.25) is 19.2 Å². The number of aromatic nitrogens is 2. The van der Waals surface area contributed by atoms with E-state index in [1.807, 2.05) is 0 Å². The Morgan fingerprint density at radius 3 is 2.39 bits per heavy atom. The third-order valence-corrected chi connectivity index (χ3v) is 6.75. The molecule has 0 unspecified atom stereocenters. The number of hydrogen-bond donors (Lipinski definition) is 1. The van der Waals surface area contributed by atoms with Gasteiger partial charge in [0.05, 0.1) is 22.8 Å². The first-order chi connectivity index (χ1) is 19.5. The smallest absolute Gasteiger partial charge is 0.307 e. The lowest BCUT2D eigenvalue weighted by molar-refractivity contribution is -0.166. The Morgan fingerprint density at radius 2 is 1.76 bits per heavy atom. The van der Waals surface area contributed by atoms with Crippen LogP contribution in [-0.4, -0.2) is 34.3 Å². The molecule has 1 N–H and O–H groups in total. The van der Waals surface area contributed by atoms with Crippen LogP contribution < -0.4 is 10.2 Å². The summed E-state index contributed by atoms with van der Waals surface area (Å²) in [6.45, 7) is 0.0245. The van der Waals surface area contributed by atoms with Gasteiger partial charge in [-0.05, 0) is 36.4 Å². The third kappa shape index (κ3) is 5.29. The first kappa shape index (κ1) is 27.6. The fourth-order valence-corrected chi connectivity index (χ4v) is 4.41. The molecule has 3 aromatic carbocycles. The zero-order chi connectivity index (χ0) is 29.4. The lowest BCUT2D eigenvalue weighted by Gasteiger charge is -2.21. The summed E-state index contributed by atoms with van der Waals surface area (Å²) in [6, 6.07) is 20.3. The molecule has 4 aromatic rings. The topological polar surface area (TPSA) is 92.0 Å². The van der Waals surface area contributed by atoms with E-state index < -0.39 is 17.7 Å². The van der Waals surface area contributed by atoms with Crippen LogP contribution in [0.5, 0.6) is 0 Å². The molecule has 2 amide bonds. The lowest BCUT2D eigenvalue weighted by atomic mass is 10.00. The zero-order valence-electron chi connectivity index (χ0n) is 21.4. The van der Waals surface area contributed by atoms with Crippen LogP contribution in [0.25, 0.3) is 11.3 Å². The Morgan fingerprint density at radius 1 is 1.05 bits per heavy atom. The lowest BCUT2D eigenvalue weighted by Crippen LogP contribution is -2.31. The van der Waals surface area contributed by atoms with Gasteiger partial charge in [-0.25, -0.2) is 0 Å². The number of anilines is 2. The average Bonchev–Trinajstić information content (AvgIpc) is 3.71. The third-order valence-electron chi connectivity index (χ3n) is 6.42. The van der Waals surface area contributed by atoms with Crippen LogP contribution in [0.15, 0.2) is 89.1 Å². The molecule has 1 aromatic heterocycles. The molecular formula is C29H20ClF3N6O2. The molecule has 0 saturated carbocycles. The molecule has 0 saturated heterocycles. The molecule has 5 rings (SSSR count). The maximum absolute atomic E-state index is 13.4. The number of aryl methyl sites for hydroxylation is 1. The van der Waals surface area contributed by atoms with Gasteiger partial charge in [-0.15, -0.1) is 16.7 Å². The standard InChI is InChI=1S/C29H20ClF3N6O2/c1-3-15-39(27(41)22-9-4-5-10-23(22)30)21-13-11-18(12-14-21)24-17-25(38(2)35-24)34-26(40)19-7-6-8-20(16-19)28(36-37-28)29(31,32)33/h1,4-14,16-17H,15H2,2H3,(H,34,40). The molecule has 12 heteroatoms. The van der Waals surface area contributed by atoms with Crippen molar-refractivity contribution in [3.63, 3.8) is 0 Å². The predicted molar refractivity (Wildman–Crippen MR) is 148 cm³/mol. The van der Waals surface area contributed by atoms with Gasteiger partial charge in [0.25, 0.3) is 11.8 Å². The van der Waals surface area contributed by atoms with Crippen molar-refractivity contribution < 1.29 is 22.8 Å². The van der Waals surface area contributed by atoms with E-state index in [2.05, 4.69) is 26.6 Å². The van der Waals surface area contributed by atoms with E-state index >= 15 is 0 Å². The summed E-state index contributed by atoms with van der Waals surface area (Å²) in [5.41, 5.74) is -0.798. The Bertz CT molecular complexity index is 1720. The van der Waals surface area contributed by atoms with Crippen LogP contribution >= 0.6 is 11.6 Å². The summed E-state index contributed by atoms with van der Waals surface area (Å²) in [6.07, 6.45) is 0.811. The van der Waals surface area contributed by atoms with Gasteiger partial charge >= 0.3 is 11.8 Å². The number of terminal acetylenes is 1. The van der Waals surface area contributed by atoms with Crippen molar-refractivity contribution in [2.75, 3.05) is 16.8 Å². The summed E-state index contributed by atoms with van der Waals surface area (Å²) < 4.78 is 41.6. The van der Waals surface area contributed by atoms with Gasteiger partial charge < -0.3 is 5.32 Å². The Kier molecular flexibility index (Phi) is 7.11. The monoisotopic (exact) mass is 576 g/mol. The number of nitrogens with zero attached hydrogens (tertiary/aromatic N) is 5. The minimum atomic E-state index is -4.70. The number of halogens is 4. The summed E-state index contributed by atoms with van der Waals surface area (Å²) in [5, 5.41) is 13.8. The summed E-state index contributed by atoms with van der Waals surface area (Å²) >= 11 is 6.20. The van der Waals surface area contributed by atoms with Gasteiger partial charge in [0.1, 0.15) is 5.82 Å². The van der Waals surface area contributed by atoms with Gasteiger partial charge in [0.2, 0.25) is 0 Å². The van der Waals surface area contributed by atoms with Crippen molar-refractivity contribution in [3.05, 3.63) is 101 Å². The Labute approximate surface area is 237 Å². The van der Waals surface area contributed by atoms with Crippen molar-refractivity contribution in [3.8, 4) is 23.6 Å². The molecule has 2 heterocycles. The number of benzene rings is 3. The van der Waals surface area contributed by atoms with Gasteiger partial charge in [0.15, 0.2) is 0 Å². The Hall–Kier alpha value is -4.95. The SMILES string of the molecule is C#CCN(C(=O)c1ccccc1Cl)c1ccc(-c2cc(NC(=O)c3cccc(C4(C(F)(F)F)N=N4)c3)n(C)n2)cc1. The average molecular weight is 577 g/mol. The Balaban J connectivity index is 1.34. The van der Waals surface area contributed by atoms with E-state index in [9.17, 15) is 22.8 Å². The van der Waals surface area contributed by atoms with Crippen LogP contribution in [0.4, 0.5) is 24.7 Å². The van der Waals surface area contributed by atoms with E-state index in [0.29, 0.717) is 33.3 Å². The van der Waals surface area contributed by atoms with Crippen LogP contribution in [0.3, 0.4) is 0 Å². The van der Waals surface area contributed by atoms with Crippen LogP contribution in [0, 0.1) is 12.3 Å². The van der Waals surface area contributed by atoms with Crippen molar-refractivity contribution in [2.24, 2.45) is 17.3 Å². The first-order valence-electron chi connectivity index (χ1n) is 12.1. The maximum atomic E-state index is 13.4. The molecule has 0 fully saturated rings. The number of carbonyl (C=O) groups excluding carboxylic acids is 2. The molecule has 8 nitrogen and oxygen atoms in total. The largest absolute Gasteiger partial charge is 0.442 e. The minimum Gasteiger partial charge on any atom is -0.307 e. The second-order valence-electron chi connectivity index (χ2n) is 9.07. The molecule has 0 radical (unpaired) electrons. The van der Waals surface area contributed by atoms with E-state index in [4.69, 9.17) is 18.0 Å². The molecule has 41 heavy (non-hydrogen) atoms. The molecule has 0 spiro atoms. The minimum absolute atomic E-state index is 0.00678. The number of amides is 2. The normalized spacial score (nSPS) is 13.4. The molecule has 1 aliphatic heterocycles. The van der Waals surface area contributed by atoms with E-state index in [-0.39, 0.29) is 23.6 Å².